The average Bonchev–Trinajstić information content (AvgIpc) is 2.57. The van der Waals surface area contributed by atoms with Crippen LogP contribution in [-0.4, -0.2) is 49.7 Å². The molecule has 1 atom stereocenters. The molecule has 0 unspecified atom stereocenters. The first kappa shape index (κ1) is 25.1. The highest BCUT2D eigenvalue weighted by Crippen LogP contribution is 2.36. The van der Waals surface area contributed by atoms with Gasteiger partial charge in [-0.15, -0.1) is 0 Å². The molecule has 10 nitrogen and oxygen atoms in total. The van der Waals surface area contributed by atoms with E-state index in [-0.39, 0.29) is 5.56 Å². The van der Waals surface area contributed by atoms with Gasteiger partial charge in [0, 0.05) is 12.5 Å². The molecular weight excluding hydrogens is 437 g/mol. The zero-order chi connectivity index (χ0) is 23.5. The highest BCUT2D eigenvalue weighted by Gasteiger charge is 2.50. The Bertz CT molecular complexity index is 939. The highest BCUT2D eigenvalue weighted by atomic mass is 32.2. The Hall–Kier alpha value is -2.90. The van der Waals surface area contributed by atoms with E-state index >= 15 is 0 Å². The van der Waals surface area contributed by atoms with Crippen molar-refractivity contribution in [3.63, 3.8) is 0 Å². The van der Waals surface area contributed by atoms with Crippen molar-refractivity contribution in [1.29, 1.82) is 0 Å². The van der Waals surface area contributed by atoms with Crippen LogP contribution in [0.25, 0.3) is 0 Å². The number of rotatable bonds is 6. The maximum absolute atomic E-state index is 12.8. The molecule has 1 aromatic rings. The van der Waals surface area contributed by atoms with Gasteiger partial charge in [-0.25, -0.2) is 18.0 Å². The Balaban J connectivity index is 3.29. The maximum atomic E-state index is 12.8. The molecule has 0 saturated heterocycles. The molecule has 0 saturated carbocycles. The van der Waals surface area contributed by atoms with Gasteiger partial charge in [-0.1, -0.05) is 6.07 Å². The second kappa shape index (κ2) is 8.85. The zero-order valence-corrected chi connectivity index (χ0v) is 17.1. The summed E-state index contributed by atoms with van der Waals surface area (Å²) < 4.78 is 71.0. The largest absolute Gasteiger partial charge is 0.502 e. The molecule has 30 heavy (non-hydrogen) atoms. The number of nitrogens with zero attached hydrogens (tertiary/aromatic N) is 1. The molecule has 0 spiro atoms. The van der Waals surface area contributed by atoms with Gasteiger partial charge in [0.05, 0.1) is 12.0 Å². The number of ether oxygens (including phenoxy) is 2. The van der Waals surface area contributed by atoms with Crippen LogP contribution < -0.4 is 5.32 Å². The minimum atomic E-state index is -5.98. The van der Waals surface area contributed by atoms with Crippen LogP contribution in [0.2, 0.25) is 0 Å². The summed E-state index contributed by atoms with van der Waals surface area (Å²) in [6.45, 7) is 4.68. The molecule has 0 aromatic heterocycles. The third-order valence-electron chi connectivity index (χ3n) is 3.43. The normalized spacial score (nSPS) is 13.3. The van der Waals surface area contributed by atoms with E-state index in [9.17, 15) is 41.3 Å². The van der Waals surface area contributed by atoms with E-state index in [4.69, 9.17) is 4.74 Å². The predicted octanol–water partition coefficient (Wildman–Crippen LogP) is 2.50. The van der Waals surface area contributed by atoms with E-state index in [1.807, 2.05) is 0 Å². The number of methoxy groups -OCH3 is 1. The predicted molar refractivity (Wildman–Crippen MR) is 95.2 cm³/mol. The number of hydrogen-bond donors (Lipinski definition) is 1. The van der Waals surface area contributed by atoms with Crippen LogP contribution >= 0.6 is 0 Å². The van der Waals surface area contributed by atoms with Gasteiger partial charge in [0.1, 0.15) is 11.6 Å². The maximum Gasteiger partial charge on any atom is 0.502 e. The van der Waals surface area contributed by atoms with E-state index in [2.05, 4.69) is 10.1 Å². The first-order chi connectivity index (χ1) is 13.5. The Morgan fingerprint density at radius 3 is 2.23 bits per heavy atom. The lowest BCUT2D eigenvalue weighted by Crippen LogP contribution is -2.45. The number of amides is 1. The van der Waals surface area contributed by atoms with Gasteiger partial charge < -0.3 is 14.8 Å². The van der Waals surface area contributed by atoms with Crippen LogP contribution in [0.4, 0.5) is 23.7 Å². The number of esters is 1. The van der Waals surface area contributed by atoms with Gasteiger partial charge in [0.2, 0.25) is 0 Å². The Kier molecular flexibility index (Phi) is 7.42. The van der Waals surface area contributed by atoms with Gasteiger partial charge in [0.15, 0.2) is 4.90 Å². The van der Waals surface area contributed by atoms with Crippen LogP contribution in [0, 0.1) is 10.1 Å². The third kappa shape index (κ3) is 6.30. The minimum absolute atomic E-state index is 0.103. The molecule has 0 aliphatic heterocycles. The summed E-state index contributed by atoms with van der Waals surface area (Å²) >= 11 is 0. The van der Waals surface area contributed by atoms with E-state index in [1.165, 1.54) is 0 Å². The Labute approximate surface area is 169 Å². The molecule has 168 valence electrons. The summed E-state index contributed by atoms with van der Waals surface area (Å²) in [7, 11) is -4.97. The summed E-state index contributed by atoms with van der Waals surface area (Å²) in [6, 6.07) is 0.441. The number of nitro groups is 1. The summed E-state index contributed by atoms with van der Waals surface area (Å²) in [5.41, 5.74) is -8.08. The van der Waals surface area contributed by atoms with Crippen molar-refractivity contribution in [1.82, 2.24) is 5.32 Å². The molecule has 1 aromatic carbocycles. The van der Waals surface area contributed by atoms with Crippen LogP contribution in [0.1, 0.15) is 26.3 Å². The second-order valence-corrected chi connectivity index (χ2v) is 8.84. The highest BCUT2D eigenvalue weighted by molar-refractivity contribution is 7.92. The quantitative estimate of drug-likeness (QED) is 0.391. The fourth-order valence-electron chi connectivity index (χ4n) is 2.21. The zero-order valence-electron chi connectivity index (χ0n) is 16.3. The molecule has 0 heterocycles. The van der Waals surface area contributed by atoms with E-state index < -0.39 is 61.0 Å². The number of hydrogen-bond acceptors (Lipinski definition) is 8. The number of benzene rings is 1. The van der Waals surface area contributed by atoms with Gasteiger partial charge in [-0.05, 0) is 32.4 Å². The van der Waals surface area contributed by atoms with Crippen molar-refractivity contribution in [3.05, 3.63) is 33.9 Å². The lowest BCUT2D eigenvalue weighted by molar-refractivity contribution is -0.388. The first-order valence-electron chi connectivity index (χ1n) is 8.15. The van der Waals surface area contributed by atoms with Gasteiger partial charge >= 0.3 is 17.6 Å². The van der Waals surface area contributed by atoms with Crippen molar-refractivity contribution >= 4 is 27.6 Å². The smallest absolute Gasteiger partial charge is 0.467 e. The molecule has 1 amide bonds. The second-order valence-electron chi connectivity index (χ2n) is 6.93. The number of nitrogens with one attached hydrogen (secondary N) is 1. The topological polar surface area (TPSA) is 142 Å². The molecule has 0 radical (unpaired) electrons. The minimum Gasteiger partial charge on any atom is -0.467 e. The van der Waals surface area contributed by atoms with Crippen LogP contribution in [-0.2, 0) is 30.5 Å². The van der Waals surface area contributed by atoms with Crippen molar-refractivity contribution in [2.45, 2.75) is 49.2 Å². The van der Waals surface area contributed by atoms with E-state index in [0.717, 1.165) is 13.2 Å². The molecule has 0 bridgehead atoms. The van der Waals surface area contributed by atoms with Crippen molar-refractivity contribution in [2.24, 2.45) is 0 Å². The Morgan fingerprint density at radius 1 is 1.23 bits per heavy atom. The van der Waals surface area contributed by atoms with E-state index in [1.54, 1.807) is 20.8 Å². The first-order valence-corrected chi connectivity index (χ1v) is 9.64. The third-order valence-corrected chi connectivity index (χ3v) is 4.96. The van der Waals surface area contributed by atoms with Crippen molar-refractivity contribution in [2.75, 3.05) is 7.11 Å². The SMILES string of the molecule is COC(=O)[C@H](Cc1ccc(S(=O)(=O)C(F)(F)F)c([N+](=O)[O-])c1)NC(=O)OC(C)(C)C. The van der Waals surface area contributed by atoms with Gasteiger partial charge in [-0.2, -0.15) is 13.2 Å². The van der Waals surface area contributed by atoms with Crippen LogP contribution in [0.15, 0.2) is 23.1 Å². The molecule has 0 aliphatic carbocycles. The molecule has 0 fully saturated rings. The molecular formula is C16H19F3N2O8S. The lowest BCUT2D eigenvalue weighted by atomic mass is 10.1. The van der Waals surface area contributed by atoms with Crippen LogP contribution in [0.5, 0.6) is 0 Å². The number of carbonyl (C=O) groups excluding carboxylic acids is 2. The lowest BCUT2D eigenvalue weighted by Gasteiger charge is -2.22. The fraction of sp³-hybridized carbons (Fsp3) is 0.500. The van der Waals surface area contributed by atoms with Crippen molar-refractivity contribution in [3.8, 4) is 0 Å². The molecule has 1 N–H and O–H groups in total. The number of alkyl carbamates (subject to hydrolysis) is 1. The summed E-state index contributed by atoms with van der Waals surface area (Å²) in [5.74, 6) is -0.962. The Morgan fingerprint density at radius 2 is 1.80 bits per heavy atom. The molecule has 1 rings (SSSR count). The van der Waals surface area contributed by atoms with E-state index in [0.29, 0.717) is 12.1 Å². The van der Waals surface area contributed by atoms with Gasteiger partial charge in [0.25, 0.3) is 15.5 Å². The standard InChI is InChI=1S/C16H19F3N2O8S/c1-15(2,3)29-14(23)20-10(13(22)28-4)7-9-5-6-12(11(8-9)21(24)25)30(26,27)16(17,18)19/h5-6,8,10H,7H2,1-4H3,(H,20,23)/t10-/m0/s1. The number of sulfone groups is 1. The number of alkyl halides is 3. The number of halogens is 3. The molecule has 0 aliphatic rings. The summed E-state index contributed by atoms with van der Waals surface area (Å²) in [4.78, 5) is 32.1. The van der Waals surface area contributed by atoms with Crippen LogP contribution in [0.3, 0.4) is 0 Å². The average molecular weight is 456 g/mol. The monoisotopic (exact) mass is 456 g/mol. The summed E-state index contributed by atoms with van der Waals surface area (Å²) in [6.07, 6.45) is -1.46. The number of nitro benzene ring substituents is 1. The van der Waals surface area contributed by atoms with Crippen molar-refractivity contribution < 1.29 is 45.6 Å². The number of carbonyl (C=O) groups is 2. The molecule has 14 heteroatoms. The fourth-order valence-corrected chi connectivity index (χ4v) is 3.11. The summed E-state index contributed by atoms with van der Waals surface area (Å²) in [5, 5.41) is 13.3. The van der Waals surface area contributed by atoms with Gasteiger partial charge in [-0.3, -0.25) is 10.1 Å².